The number of aryl methyl sites for hydroxylation is 1. The average molecular weight is 329 g/mol. The first-order valence-corrected chi connectivity index (χ1v) is 7.92. The highest BCUT2D eigenvalue weighted by Gasteiger charge is 2.12. The van der Waals surface area contributed by atoms with Crippen LogP contribution < -0.4 is 10.1 Å². The van der Waals surface area contributed by atoms with Crippen LogP contribution in [0.1, 0.15) is 17.5 Å². The number of carbonyl (C=O) groups is 1. The van der Waals surface area contributed by atoms with Gasteiger partial charge in [0.05, 0.1) is 19.8 Å². The summed E-state index contributed by atoms with van der Waals surface area (Å²) in [4.78, 5) is 11.8. The number of carbonyl (C=O) groups excluding carboxylic acids is 1. The second-order valence-electron chi connectivity index (χ2n) is 5.47. The molecule has 0 aromatic heterocycles. The molecule has 0 saturated carbocycles. The molecule has 0 aliphatic carbocycles. The summed E-state index contributed by atoms with van der Waals surface area (Å²) in [7, 11) is 1.63. The summed E-state index contributed by atoms with van der Waals surface area (Å²) in [5.41, 5.74) is 2.04. The Morgan fingerprint density at radius 1 is 1.08 bits per heavy atom. The lowest BCUT2D eigenvalue weighted by Gasteiger charge is -2.16. The van der Waals surface area contributed by atoms with Crippen molar-refractivity contribution < 1.29 is 19.4 Å². The minimum absolute atomic E-state index is 0.128. The van der Waals surface area contributed by atoms with Crippen molar-refractivity contribution in [2.24, 2.45) is 0 Å². The molecule has 0 fully saturated rings. The van der Waals surface area contributed by atoms with E-state index >= 15 is 0 Å². The van der Waals surface area contributed by atoms with E-state index in [-0.39, 0.29) is 19.3 Å². The summed E-state index contributed by atoms with van der Waals surface area (Å²) in [5.74, 6) is 0.806. The zero-order valence-corrected chi connectivity index (χ0v) is 13.8. The van der Waals surface area contributed by atoms with E-state index in [1.54, 1.807) is 7.11 Å². The Balaban J connectivity index is 1.75. The van der Waals surface area contributed by atoms with Gasteiger partial charge in [0, 0.05) is 0 Å². The lowest BCUT2D eigenvalue weighted by molar-refractivity contribution is 0.128. The smallest absolute Gasteiger partial charge is 0.407 e. The maximum atomic E-state index is 11.8. The van der Waals surface area contributed by atoms with Crippen LogP contribution in [0.4, 0.5) is 4.79 Å². The molecule has 0 radical (unpaired) electrons. The first kappa shape index (κ1) is 17.8. The van der Waals surface area contributed by atoms with Gasteiger partial charge in [-0.2, -0.15) is 0 Å². The predicted molar refractivity (Wildman–Crippen MR) is 92.0 cm³/mol. The van der Waals surface area contributed by atoms with Crippen LogP contribution in [-0.2, 0) is 17.8 Å². The van der Waals surface area contributed by atoms with Crippen molar-refractivity contribution in [3.05, 3.63) is 65.7 Å². The van der Waals surface area contributed by atoms with Crippen LogP contribution >= 0.6 is 0 Å². The fourth-order valence-electron chi connectivity index (χ4n) is 2.27. The van der Waals surface area contributed by atoms with Crippen LogP contribution in [0.5, 0.6) is 5.75 Å². The third kappa shape index (κ3) is 5.93. The molecule has 2 N–H and O–H groups in total. The molecule has 5 heteroatoms. The molecule has 0 bridgehead atoms. The molecule has 5 nitrogen and oxygen atoms in total. The summed E-state index contributed by atoms with van der Waals surface area (Å²) in [6, 6.07) is 16.9. The maximum absolute atomic E-state index is 11.8. The zero-order chi connectivity index (χ0) is 17.2. The van der Waals surface area contributed by atoms with Crippen molar-refractivity contribution in [1.82, 2.24) is 5.32 Å². The number of rotatable bonds is 8. The zero-order valence-electron chi connectivity index (χ0n) is 13.8. The van der Waals surface area contributed by atoms with Gasteiger partial charge in [-0.15, -0.1) is 0 Å². The van der Waals surface area contributed by atoms with Crippen LogP contribution in [0.2, 0.25) is 0 Å². The number of benzene rings is 2. The second-order valence-corrected chi connectivity index (χ2v) is 5.47. The molecule has 24 heavy (non-hydrogen) atoms. The van der Waals surface area contributed by atoms with Crippen molar-refractivity contribution in [3.8, 4) is 5.75 Å². The highest BCUT2D eigenvalue weighted by molar-refractivity contribution is 5.67. The molecule has 0 spiro atoms. The van der Waals surface area contributed by atoms with Crippen molar-refractivity contribution >= 4 is 6.09 Å². The molecule has 2 rings (SSSR count). The molecular formula is C19H23NO4. The lowest BCUT2D eigenvalue weighted by Crippen LogP contribution is -2.38. The van der Waals surface area contributed by atoms with Gasteiger partial charge in [-0.1, -0.05) is 42.5 Å². The molecule has 0 saturated heterocycles. The van der Waals surface area contributed by atoms with Gasteiger partial charge in [0.2, 0.25) is 0 Å². The minimum Gasteiger partial charge on any atom is -0.497 e. The van der Waals surface area contributed by atoms with E-state index in [0.29, 0.717) is 6.42 Å². The molecule has 1 atom stereocenters. The van der Waals surface area contributed by atoms with Crippen LogP contribution in [0.15, 0.2) is 54.6 Å². The Labute approximate surface area is 142 Å². The van der Waals surface area contributed by atoms with Crippen LogP contribution in [0.3, 0.4) is 0 Å². The monoisotopic (exact) mass is 329 g/mol. The van der Waals surface area contributed by atoms with Crippen molar-refractivity contribution in [2.75, 3.05) is 13.7 Å². The number of aliphatic hydroxyl groups is 1. The Bertz CT molecular complexity index is 613. The van der Waals surface area contributed by atoms with Gasteiger partial charge in [0.1, 0.15) is 12.4 Å². The summed E-state index contributed by atoms with van der Waals surface area (Å²) in [5, 5.41) is 12.1. The summed E-state index contributed by atoms with van der Waals surface area (Å²) >= 11 is 0. The SMILES string of the molecule is COc1ccc(CC[C@H](CO)NC(=O)OCc2ccccc2)cc1. The number of alkyl carbamates (subject to hydrolysis) is 1. The molecule has 128 valence electrons. The first-order valence-electron chi connectivity index (χ1n) is 7.92. The Hall–Kier alpha value is -2.53. The Morgan fingerprint density at radius 3 is 2.42 bits per heavy atom. The lowest BCUT2D eigenvalue weighted by atomic mass is 10.1. The summed E-state index contributed by atoms with van der Waals surface area (Å²) in [6.07, 6.45) is 0.852. The highest BCUT2D eigenvalue weighted by Crippen LogP contribution is 2.13. The average Bonchev–Trinajstić information content (AvgIpc) is 2.64. The van der Waals surface area contributed by atoms with E-state index < -0.39 is 6.09 Å². The number of hydrogen-bond donors (Lipinski definition) is 2. The molecule has 2 aromatic carbocycles. The largest absolute Gasteiger partial charge is 0.497 e. The van der Waals surface area contributed by atoms with Crippen LogP contribution in [0, 0.1) is 0 Å². The first-order chi connectivity index (χ1) is 11.7. The number of aliphatic hydroxyl groups excluding tert-OH is 1. The Morgan fingerprint density at radius 2 is 1.79 bits per heavy atom. The van der Waals surface area contributed by atoms with Crippen molar-refractivity contribution in [3.63, 3.8) is 0 Å². The third-order valence-corrected chi connectivity index (χ3v) is 3.70. The molecule has 0 unspecified atom stereocenters. The normalized spacial score (nSPS) is 11.6. The molecule has 2 aromatic rings. The van der Waals surface area contributed by atoms with E-state index in [1.165, 1.54) is 0 Å². The van der Waals surface area contributed by atoms with Crippen molar-refractivity contribution in [1.29, 1.82) is 0 Å². The third-order valence-electron chi connectivity index (χ3n) is 3.70. The second kappa shape index (κ2) is 9.57. The van der Waals surface area contributed by atoms with Gasteiger partial charge in [0.15, 0.2) is 0 Å². The quantitative estimate of drug-likeness (QED) is 0.781. The van der Waals surface area contributed by atoms with E-state index in [1.807, 2.05) is 54.6 Å². The van der Waals surface area contributed by atoms with Gasteiger partial charge < -0.3 is 19.9 Å². The molecule has 0 aliphatic heterocycles. The Kier molecular flexibility index (Phi) is 7.11. The topological polar surface area (TPSA) is 67.8 Å². The number of methoxy groups -OCH3 is 1. The maximum Gasteiger partial charge on any atom is 0.407 e. The fourth-order valence-corrected chi connectivity index (χ4v) is 2.27. The predicted octanol–water partition coefficient (Wildman–Crippen LogP) is 2.92. The van der Waals surface area contributed by atoms with E-state index in [9.17, 15) is 9.90 Å². The van der Waals surface area contributed by atoms with E-state index in [2.05, 4.69) is 5.32 Å². The minimum atomic E-state index is -0.521. The number of hydrogen-bond acceptors (Lipinski definition) is 4. The number of amides is 1. The van der Waals surface area contributed by atoms with E-state index in [0.717, 1.165) is 23.3 Å². The van der Waals surface area contributed by atoms with Crippen LogP contribution in [-0.4, -0.2) is 31.0 Å². The fraction of sp³-hybridized carbons (Fsp3) is 0.316. The summed E-state index contributed by atoms with van der Waals surface area (Å²) in [6.45, 7) is 0.0832. The molecule has 1 amide bonds. The van der Waals surface area contributed by atoms with E-state index in [4.69, 9.17) is 9.47 Å². The van der Waals surface area contributed by atoms with Gasteiger partial charge >= 0.3 is 6.09 Å². The van der Waals surface area contributed by atoms with Gasteiger partial charge in [-0.05, 0) is 36.1 Å². The van der Waals surface area contributed by atoms with Crippen LogP contribution in [0.25, 0.3) is 0 Å². The number of nitrogens with one attached hydrogen (secondary N) is 1. The van der Waals surface area contributed by atoms with Gasteiger partial charge in [-0.3, -0.25) is 0 Å². The van der Waals surface area contributed by atoms with Gasteiger partial charge in [0.25, 0.3) is 0 Å². The standard InChI is InChI=1S/C19H23NO4/c1-23-18-11-8-15(9-12-18)7-10-17(13-21)20-19(22)24-14-16-5-3-2-4-6-16/h2-6,8-9,11-12,17,21H,7,10,13-14H2,1H3,(H,20,22)/t17-/m1/s1. The number of ether oxygens (including phenoxy) is 2. The van der Waals surface area contributed by atoms with Gasteiger partial charge in [-0.25, -0.2) is 4.79 Å². The highest BCUT2D eigenvalue weighted by atomic mass is 16.5. The molecular weight excluding hydrogens is 306 g/mol. The molecule has 0 aliphatic rings. The van der Waals surface area contributed by atoms with Crippen molar-refractivity contribution in [2.45, 2.75) is 25.5 Å². The molecule has 0 heterocycles. The summed E-state index contributed by atoms with van der Waals surface area (Å²) < 4.78 is 10.3.